The van der Waals surface area contributed by atoms with Crippen molar-refractivity contribution in [2.45, 2.75) is 75.4 Å². The van der Waals surface area contributed by atoms with E-state index < -0.39 is 0 Å². The molecule has 4 N–H and O–H groups in total. The summed E-state index contributed by atoms with van der Waals surface area (Å²) in [5.74, 6) is 1.09. The molecule has 2 saturated carbocycles. The van der Waals surface area contributed by atoms with Gasteiger partial charge in [0.1, 0.15) is 0 Å². The molecular weight excluding hydrogens is 347 g/mol. The molecule has 2 aliphatic heterocycles. The van der Waals surface area contributed by atoms with Gasteiger partial charge in [-0.1, -0.05) is 25.7 Å². The molecule has 4 fully saturated rings. The molecule has 2 saturated heterocycles. The molecule has 6 heteroatoms. The van der Waals surface area contributed by atoms with Crippen LogP contribution >= 0.6 is 24.8 Å². The van der Waals surface area contributed by atoms with Crippen LogP contribution in [0.1, 0.15) is 64.2 Å². The molecule has 4 nitrogen and oxygen atoms in total. The smallest absolute Gasteiger partial charge is 0.0700 e. The van der Waals surface area contributed by atoms with Gasteiger partial charge in [0.05, 0.1) is 11.2 Å². The molecule has 0 amide bonds. The monoisotopic (exact) mass is 382 g/mol. The molecule has 2 heterocycles. The van der Waals surface area contributed by atoms with Crippen LogP contribution in [0.2, 0.25) is 0 Å². The third-order valence-corrected chi connectivity index (χ3v) is 6.60. The van der Waals surface area contributed by atoms with Crippen molar-refractivity contribution in [2.75, 3.05) is 26.2 Å². The van der Waals surface area contributed by atoms with Crippen molar-refractivity contribution in [3.8, 4) is 0 Å². The van der Waals surface area contributed by atoms with Gasteiger partial charge < -0.3 is 20.8 Å². The number of aliphatic hydroxyl groups is 2. The van der Waals surface area contributed by atoms with Crippen molar-refractivity contribution < 1.29 is 10.2 Å². The van der Waals surface area contributed by atoms with Gasteiger partial charge in [-0.25, -0.2) is 0 Å². The van der Waals surface area contributed by atoms with Crippen LogP contribution in [0.4, 0.5) is 0 Å². The fourth-order valence-corrected chi connectivity index (χ4v) is 4.99. The van der Waals surface area contributed by atoms with Gasteiger partial charge in [-0.3, -0.25) is 0 Å². The minimum absolute atomic E-state index is 0. The molecule has 0 aromatic rings. The van der Waals surface area contributed by atoms with Gasteiger partial charge in [0.2, 0.25) is 0 Å². The maximum absolute atomic E-state index is 10.2. The number of rotatable bonds is 0. The third kappa shape index (κ3) is 5.21. The summed E-state index contributed by atoms with van der Waals surface area (Å²) in [6.45, 7) is 4.09. The van der Waals surface area contributed by atoms with E-state index in [1.165, 1.54) is 38.5 Å². The molecule has 24 heavy (non-hydrogen) atoms. The highest BCUT2D eigenvalue weighted by molar-refractivity contribution is 5.85. The molecule has 4 aliphatic rings. The highest BCUT2D eigenvalue weighted by atomic mass is 35.5. The lowest BCUT2D eigenvalue weighted by Gasteiger charge is -2.43. The second-order valence-electron chi connectivity index (χ2n) is 8.00. The largest absolute Gasteiger partial charge is 0.390 e. The molecule has 0 unspecified atom stereocenters. The highest BCUT2D eigenvalue weighted by Crippen LogP contribution is 2.38. The van der Waals surface area contributed by atoms with Gasteiger partial charge in [0.25, 0.3) is 0 Å². The first-order valence-corrected chi connectivity index (χ1v) is 9.49. The zero-order valence-corrected chi connectivity index (χ0v) is 16.4. The van der Waals surface area contributed by atoms with Crippen LogP contribution in [0, 0.1) is 11.8 Å². The average molecular weight is 383 g/mol. The molecule has 0 bridgehead atoms. The van der Waals surface area contributed by atoms with Gasteiger partial charge in [0, 0.05) is 24.9 Å². The lowest BCUT2D eigenvalue weighted by atomic mass is 9.72. The molecule has 0 radical (unpaired) electrons. The van der Waals surface area contributed by atoms with Crippen LogP contribution in [-0.4, -0.2) is 47.6 Å². The number of piperidine rings is 2. The first kappa shape index (κ1) is 22.5. The Morgan fingerprint density at radius 3 is 1.42 bits per heavy atom. The zero-order chi connectivity index (χ0) is 15.5. The topological polar surface area (TPSA) is 64.5 Å². The van der Waals surface area contributed by atoms with Gasteiger partial charge in [-0.2, -0.15) is 0 Å². The minimum Gasteiger partial charge on any atom is -0.390 e. The van der Waals surface area contributed by atoms with E-state index in [-0.39, 0.29) is 36.0 Å². The van der Waals surface area contributed by atoms with Crippen molar-refractivity contribution in [2.24, 2.45) is 11.8 Å². The Bertz CT molecular complexity index is 313. The summed E-state index contributed by atoms with van der Waals surface area (Å²) in [6, 6.07) is 0. The maximum Gasteiger partial charge on any atom is 0.0700 e. The molecule has 144 valence electrons. The summed E-state index contributed by atoms with van der Waals surface area (Å²) in [5.41, 5.74) is -0.576. The van der Waals surface area contributed by atoms with E-state index in [9.17, 15) is 10.2 Å². The van der Waals surface area contributed by atoms with E-state index in [4.69, 9.17) is 0 Å². The Morgan fingerprint density at radius 1 is 0.625 bits per heavy atom. The van der Waals surface area contributed by atoms with Crippen molar-refractivity contribution in [1.82, 2.24) is 10.6 Å². The standard InChI is InChI=1S/2C9H17NO.2ClH/c2*11-9-4-2-1-3-8(9)7-10-6-5-9;;/h2*8,10-11H,1-7H2;2*1H/t2*8-,9-;;/m10../s1. The second-order valence-corrected chi connectivity index (χ2v) is 8.00. The number of nitrogens with one attached hydrogen (secondary N) is 2. The van der Waals surface area contributed by atoms with Crippen molar-refractivity contribution in [3.05, 3.63) is 0 Å². The molecule has 0 aromatic carbocycles. The minimum atomic E-state index is -0.288. The average Bonchev–Trinajstić information content (AvgIpc) is 2.54. The first-order chi connectivity index (χ1) is 10.6. The number of hydrogen-bond donors (Lipinski definition) is 4. The SMILES string of the molecule is Cl.Cl.O[C@@]12CCCC[C@@H]1CNCC2.O[C@]12CCCC[C@H]1CNCC2. The van der Waals surface area contributed by atoms with Crippen molar-refractivity contribution in [3.63, 3.8) is 0 Å². The van der Waals surface area contributed by atoms with Crippen LogP contribution < -0.4 is 10.6 Å². The molecule has 0 spiro atoms. The Hall–Kier alpha value is 0.420. The van der Waals surface area contributed by atoms with E-state index in [2.05, 4.69) is 10.6 Å². The first-order valence-electron chi connectivity index (χ1n) is 9.49. The fourth-order valence-electron chi connectivity index (χ4n) is 4.99. The van der Waals surface area contributed by atoms with Crippen LogP contribution in [-0.2, 0) is 0 Å². The van der Waals surface area contributed by atoms with E-state index in [0.29, 0.717) is 11.8 Å². The van der Waals surface area contributed by atoms with E-state index >= 15 is 0 Å². The quantitative estimate of drug-likeness (QED) is 0.519. The number of hydrogen-bond acceptors (Lipinski definition) is 4. The zero-order valence-electron chi connectivity index (χ0n) is 14.8. The Morgan fingerprint density at radius 2 is 1.04 bits per heavy atom. The van der Waals surface area contributed by atoms with E-state index in [1.807, 2.05) is 0 Å². The summed E-state index contributed by atoms with van der Waals surface area (Å²) < 4.78 is 0. The summed E-state index contributed by atoms with van der Waals surface area (Å²) in [5, 5.41) is 27.0. The Balaban J connectivity index is 0.000000222. The lowest BCUT2D eigenvalue weighted by molar-refractivity contribution is -0.0674. The van der Waals surface area contributed by atoms with Gasteiger partial charge in [0.15, 0.2) is 0 Å². The summed E-state index contributed by atoms with van der Waals surface area (Å²) in [4.78, 5) is 0. The third-order valence-electron chi connectivity index (χ3n) is 6.60. The Labute approximate surface area is 159 Å². The predicted molar refractivity (Wildman–Crippen MR) is 103 cm³/mol. The molecular formula is C18H36Cl2N2O2. The predicted octanol–water partition coefficient (Wildman–Crippen LogP) is 2.65. The Kier molecular flexibility index (Phi) is 9.30. The highest BCUT2D eigenvalue weighted by Gasteiger charge is 2.40. The number of halogens is 2. The second kappa shape index (κ2) is 9.94. The normalized spacial score (nSPS) is 41.2. The molecule has 2 aliphatic carbocycles. The van der Waals surface area contributed by atoms with Crippen LogP contribution in [0.5, 0.6) is 0 Å². The van der Waals surface area contributed by atoms with Crippen LogP contribution in [0.15, 0.2) is 0 Å². The van der Waals surface area contributed by atoms with Crippen LogP contribution in [0.25, 0.3) is 0 Å². The van der Waals surface area contributed by atoms with Gasteiger partial charge >= 0.3 is 0 Å². The molecule has 4 rings (SSSR count). The lowest BCUT2D eigenvalue weighted by Crippen LogP contribution is -2.51. The summed E-state index contributed by atoms with van der Waals surface area (Å²) in [7, 11) is 0. The van der Waals surface area contributed by atoms with Crippen molar-refractivity contribution in [1.29, 1.82) is 0 Å². The molecule has 0 aromatic heterocycles. The number of fused-ring (bicyclic) bond motifs is 2. The van der Waals surface area contributed by atoms with E-state index in [1.54, 1.807) is 0 Å². The van der Waals surface area contributed by atoms with E-state index in [0.717, 1.165) is 51.9 Å². The van der Waals surface area contributed by atoms with Gasteiger partial charge in [-0.15, -0.1) is 24.8 Å². The van der Waals surface area contributed by atoms with Gasteiger partial charge in [-0.05, 0) is 51.6 Å². The fraction of sp³-hybridized carbons (Fsp3) is 1.00. The van der Waals surface area contributed by atoms with Crippen LogP contribution in [0.3, 0.4) is 0 Å². The summed E-state index contributed by atoms with van der Waals surface area (Å²) >= 11 is 0. The summed E-state index contributed by atoms with van der Waals surface area (Å²) in [6.07, 6.45) is 11.6. The maximum atomic E-state index is 10.2. The van der Waals surface area contributed by atoms with Crippen molar-refractivity contribution >= 4 is 24.8 Å². The molecule has 4 atom stereocenters.